The van der Waals surface area contributed by atoms with Gasteiger partial charge in [-0.05, 0) is 30.2 Å². The Kier molecular flexibility index (Phi) is 8.29. The van der Waals surface area contributed by atoms with Gasteiger partial charge in [-0.1, -0.05) is 47.5 Å². The smallest absolute Gasteiger partial charge is 0.453 e. The number of nitrogens with two attached hydrogens (primary N) is 1. The van der Waals surface area contributed by atoms with E-state index < -0.39 is 31.6 Å². The number of Topliss-reactive ketones (excluding diaryl/α,β-unsaturated/α-hetero) is 1. The molecule has 2 heterocycles. The monoisotopic (exact) mass is 573 g/mol. The molecule has 0 amide bonds. The number of carbonyl (C=O) groups is 1. The number of carbonyl (C=O) groups excluding carboxylic acids is 1. The summed E-state index contributed by atoms with van der Waals surface area (Å²) >= 11 is 6.04. The van der Waals surface area contributed by atoms with Gasteiger partial charge in [-0.25, -0.2) is 13.9 Å². The predicted octanol–water partition coefficient (Wildman–Crippen LogP) is 4.88. The van der Waals surface area contributed by atoms with E-state index in [0.29, 0.717) is 5.56 Å². The second-order valence-corrected chi connectivity index (χ2v) is 10.1. The van der Waals surface area contributed by atoms with Crippen molar-refractivity contribution < 1.29 is 32.8 Å². The fourth-order valence-corrected chi connectivity index (χ4v) is 4.08. The van der Waals surface area contributed by atoms with Crippen LogP contribution in [-0.4, -0.2) is 25.1 Å². The third-order valence-electron chi connectivity index (χ3n) is 5.58. The molecule has 10 nitrogen and oxygen atoms in total. The molecule has 39 heavy (non-hydrogen) atoms. The van der Waals surface area contributed by atoms with Gasteiger partial charge in [-0.2, -0.15) is 0 Å². The van der Waals surface area contributed by atoms with Gasteiger partial charge in [0.15, 0.2) is 28.5 Å². The second-order valence-electron chi connectivity index (χ2n) is 8.52. The molecule has 0 aliphatic heterocycles. The zero-order chi connectivity index (χ0) is 28.3. The van der Waals surface area contributed by atoms with Crippen LogP contribution in [0.15, 0.2) is 71.9 Å². The number of aryl methyl sites for hydroxylation is 1. The molecular weight excluding hydrogens is 552 g/mol. The highest BCUT2D eigenvalue weighted by atomic mass is 35.5. The summed E-state index contributed by atoms with van der Waals surface area (Å²) in [5, 5.41) is 0.0172. The maximum atomic E-state index is 14.8. The minimum Gasteiger partial charge on any atom is -0.453 e. The van der Waals surface area contributed by atoms with Crippen LogP contribution >= 0.6 is 19.4 Å². The van der Waals surface area contributed by atoms with Gasteiger partial charge in [0.25, 0.3) is 0 Å². The molecule has 2 aromatic carbocycles. The van der Waals surface area contributed by atoms with Gasteiger partial charge in [0, 0.05) is 36.6 Å². The lowest BCUT2D eigenvalue weighted by Gasteiger charge is -2.13. The molecule has 0 fully saturated rings. The SMILES string of the molecule is Cc1ccc(-c2cn(COP(=O)(O)O)cc(C(=O)Cc3ccc(Oc4ccnc(N)c4Cl)c(F)c3)c2=O)cc1. The Morgan fingerprint density at radius 3 is 2.51 bits per heavy atom. The molecule has 0 spiro atoms. The average Bonchev–Trinajstić information content (AvgIpc) is 2.87. The molecule has 0 aliphatic rings. The first-order valence-corrected chi connectivity index (χ1v) is 13.2. The first-order chi connectivity index (χ1) is 18.4. The molecule has 13 heteroatoms. The fourth-order valence-electron chi connectivity index (χ4n) is 3.64. The molecule has 202 valence electrons. The zero-order valence-electron chi connectivity index (χ0n) is 20.4. The molecule has 0 bridgehead atoms. The molecule has 0 radical (unpaired) electrons. The Morgan fingerprint density at radius 2 is 1.85 bits per heavy atom. The Balaban J connectivity index is 1.63. The predicted molar refractivity (Wildman–Crippen MR) is 142 cm³/mol. The number of phosphoric ester groups is 1. The van der Waals surface area contributed by atoms with E-state index in [9.17, 15) is 18.5 Å². The van der Waals surface area contributed by atoms with Gasteiger partial charge in [-0.15, -0.1) is 0 Å². The van der Waals surface area contributed by atoms with Crippen LogP contribution in [0.1, 0.15) is 21.5 Å². The summed E-state index contributed by atoms with van der Waals surface area (Å²) in [5.41, 5.74) is 6.59. The number of halogens is 2. The third-order valence-corrected chi connectivity index (χ3v) is 6.41. The Labute approximate surface area is 226 Å². The number of aromatic nitrogens is 2. The average molecular weight is 574 g/mol. The Bertz CT molecular complexity index is 1650. The largest absolute Gasteiger partial charge is 0.471 e. The highest BCUT2D eigenvalue weighted by molar-refractivity contribution is 7.46. The number of ether oxygens (including phenoxy) is 1. The molecule has 2 aromatic heterocycles. The molecule has 0 saturated carbocycles. The van der Waals surface area contributed by atoms with Crippen molar-refractivity contribution in [3.8, 4) is 22.6 Å². The molecule has 0 aliphatic carbocycles. The van der Waals surface area contributed by atoms with Crippen LogP contribution in [0.5, 0.6) is 11.5 Å². The molecule has 0 atom stereocenters. The van der Waals surface area contributed by atoms with Crippen LogP contribution in [0, 0.1) is 12.7 Å². The maximum Gasteiger partial charge on any atom is 0.471 e. The van der Waals surface area contributed by atoms with Crippen LogP contribution in [0.4, 0.5) is 10.2 Å². The summed E-state index contributed by atoms with van der Waals surface area (Å²) < 4.78 is 37.2. The van der Waals surface area contributed by atoms with E-state index >= 15 is 0 Å². The number of rotatable bonds is 9. The first-order valence-electron chi connectivity index (χ1n) is 11.3. The Morgan fingerprint density at radius 1 is 1.13 bits per heavy atom. The standard InChI is InChI=1S/C26H22ClFN3O7P/c1-15-2-5-17(6-3-15)18-12-31(14-37-39(34,35)36)13-19(25(18)33)21(32)11-16-4-7-22(20(28)10-16)38-23-8-9-30-26(29)24(23)27/h2-10,12-13H,11,14H2,1H3,(H2,29,30)(H2,34,35,36). The lowest BCUT2D eigenvalue weighted by atomic mass is 9.99. The van der Waals surface area contributed by atoms with Crippen molar-refractivity contribution in [3.63, 3.8) is 0 Å². The summed E-state index contributed by atoms with van der Waals surface area (Å²) in [6.45, 7) is 1.25. The number of hydrogen-bond acceptors (Lipinski definition) is 7. The van der Waals surface area contributed by atoms with Gasteiger partial charge >= 0.3 is 7.82 Å². The fraction of sp³-hybridized carbons (Fsp3) is 0.115. The first kappa shape index (κ1) is 28.2. The topological polar surface area (TPSA) is 154 Å². The summed E-state index contributed by atoms with van der Waals surface area (Å²) in [7, 11) is -4.83. The van der Waals surface area contributed by atoms with Gasteiger partial charge in [0.2, 0.25) is 0 Å². The van der Waals surface area contributed by atoms with Crippen molar-refractivity contribution in [2.24, 2.45) is 0 Å². The van der Waals surface area contributed by atoms with Crippen molar-refractivity contribution in [1.82, 2.24) is 9.55 Å². The van der Waals surface area contributed by atoms with Crippen molar-refractivity contribution in [1.29, 1.82) is 0 Å². The molecule has 4 aromatic rings. The summed E-state index contributed by atoms with van der Waals surface area (Å²) in [5.74, 6) is -1.49. The number of pyridine rings is 2. The van der Waals surface area contributed by atoms with Crippen LogP contribution in [0.3, 0.4) is 0 Å². The van der Waals surface area contributed by atoms with E-state index in [-0.39, 0.29) is 45.5 Å². The number of hydrogen-bond donors (Lipinski definition) is 3. The number of phosphoric acid groups is 1. The van der Waals surface area contributed by atoms with Gasteiger partial charge in [0.1, 0.15) is 17.6 Å². The van der Waals surface area contributed by atoms with Gasteiger partial charge < -0.3 is 24.8 Å². The highest BCUT2D eigenvalue weighted by Crippen LogP contribution is 2.36. The number of nitrogens with zero attached hydrogens (tertiary/aromatic N) is 2. The molecule has 4 N–H and O–H groups in total. The van der Waals surface area contributed by atoms with Crippen molar-refractivity contribution in [3.05, 3.63) is 105 Å². The third kappa shape index (κ3) is 6.97. The number of ketones is 1. The van der Waals surface area contributed by atoms with E-state index in [2.05, 4.69) is 9.51 Å². The van der Waals surface area contributed by atoms with Crippen LogP contribution in [-0.2, 0) is 22.2 Å². The summed E-state index contributed by atoms with van der Waals surface area (Å²) in [4.78, 5) is 48.4. The van der Waals surface area contributed by atoms with Crippen molar-refractivity contribution in [2.45, 2.75) is 20.1 Å². The highest BCUT2D eigenvalue weighted by Gasteiger charge is 2.20. The van der Waals surface area contributed by atoms with Gasteiger partial charge in [0.05, 0.1) is 5.56 Å². The van der Waals surface area contributed by atoms with Crippen LogP contribution in [0.2, 0.25) is 5.02 Å². The van der Waals surface area contributed by atoms with Gasteiger partial charge in [-0.3, -0.25) is 14.1 Å². The Hall–Kier alpha value is -3.86. The van der Waals surface area contributed by atoms with Crippen molar-refractivity contribution in [2.75, 3.05) is 5.73 Å². The van der Waals surface area contributed by atoms with E-state index in [1.807, 2.05) is 6.92 Å². The van der Waals surface area contributed by atoms with Crippen LogP contribution in [0.25, 0.3) is 11.1 Å². The number of nitrogen functional groups attached to an aromatic ring is 1. The van der Waals surface area contributed by atoms with Crippen molar-refractivity contribution >= 4 is 31.0 Å². The zero-order valence-corrected chi connectivity index (χ0v) is 22.0. The summed E-state index contributed by atoms with van der Waals surface area (Å²) in [6.07, 6.45) is 3.49. The second kappa shape index (κ2) is 11.5. The van der Waals surface area contributed by atoms with E-state index in [1.165, 1.54) is 35.2 Å². The molecule has 0 saturated heterocycles. The number of benzene rings is 2. The van der Waals surface area contributed by atoms with E-state index in [4.69, 9.17) is 31.9 Å². The summed E-state index contributed by atoms with van der Waals surface area (Å²) in [6, 6.07) is 12.2. The lowest BCUT2D eigenvalue weighted by Crippen LogP contribution is -2.21. The van der Waals surface area contributed by atoms with E-state index in [1.54, 1.807) is 24.3 Å². The number of anilines is 1. The normalized spacial score (nSPS) is 11.4. The minimum absolute atomic E-state index is 0.0153. The van der Waals surface area contributed by atoms with E-state index in [0.717, 1.165) is 17.8 Å². The molecule has 4 rings (SSSR count). The quantitative estimate of drug-likeness (QED) is 0.188. The molecule has 0 unspecified atom stereocenters. The lowest BCUT2D eigenvalue weighted by molar-refractivity contribution is 0.0990. The molecular formula is C26H22ClFN3O7P. The van der Waals surface area contributed by atoms with Crippen LogP contribution < -0.4 is 15.9 Å². The minimum atomic E-state index is -4.83. The maximum absolute atomic E-state index is 14.8.